The fraction of sp³-hybridized carbons (Fsp3) is 0.133. The van der Waals surface area contributed by atoms with Crippen LogP contribution in [-0.2, 0) is 6.42 Å². The van der Waals surface area contributed by atoms with Gasteiger partial charge in [0.2, 0.25) is 0 Å². The average molecular weight is 263 g/mol. The van der Waals surface area contributed by atoms with Crippen LogP contribution in [-0.4, -0.2) is 5.78 Å². The summed E-state index contributed by atoms with van der Waals surface area (Å²) in [5, 5.41) is 0.606. The lowest BCUT2D eigenvalue weighted by atomic mass is 9.99. The molecule has 0 unspecified atom stereocenters. The molecule has 0 spiro atoms. The smallest absolute Gasteiger partial charge is 0.167 e. The molecule has 1 nitrogen and oxygen atoms in total. The summed E-state index contributed by atoms with van der Waals surface area (Å²) >= 11 is 5.84. The Bertz CT molecular complexity index is 593. The molecule has 0 saturated carbocycles. The minimum absolute atomic E-state index is 0.0326. The molecule has 0 amide bonds. The number of halogens is 2. The van der Waals surface area contributed by atoms with E-state index in [0.717, 1.165) is 5.56 Å². The molecule has 0 atom stereocenters. The van der Waals surface area contributed by atoms with Crippen LogP contribution >= 0.6 is 11.6 Å². The summed E-state index contributed by atoms with van der Waals surface area (Å²) in [5.74, 6) is -0.358. The molecule has 18 heavy (non-hydrogen) atoms. The zero-order chi connectivity index (χ0) is 13.1. The normalized spacial score (nSPS) is 10.4. The number of rotatable bonds is 3. The van der Waals surface area contributed by atoms with Gasteiger partial charge in [-0.1, -0.05) is 23.7 Å². The van der Waals surface area contributed by atoms with Gasteiger partial charge in [-0.3, -0.25) is 4.79 Å². The molecule has 2 rings (SSSR count). The molecule has 0 aliphatic carbocycles. The second kappa shape index (κ2) is 5.32. The summed E-state index contributed by atoms with van der Waals surface area (Å²) in [5.41, 5.74) is 2.14. The summed E-state index contributed by atoms with van der Waals surface area (Å²) in [6, 6.07) is 11.2. The van der Waals surface area contributed by atoms with Gasteiger partial charge in [0, 0.05) is 17.0 Å². The van der Waals surface area contributed by atoms with E-state index in [4.69, 9.17) is 11.6 Å². The predicted molar refractivity (Wildman–Crippen MR) is 70.6 cm³/mol. The second-order valence-electron chi connectivity index (χ2n) is 4.19. The maximum atomic E-state index is 13.0. The molecule has 0 aromatic heterocycles. The monoisotopic (exact) mass is 262 g/mol. The second-order valence-corrected chi connectivity index (χ2v) is 4.63. The van der Waals surface area contributed by atoms with E-state index in [1.54, 1.807) is 30.3 Å². The highest BCUT2D eigenvalue weighted by Crippen LogP contribution is 2.17. The molecule has 0 bridgehead atoms. The van der Waals surface area contributed by atoms with Crippen LogP contribution in [0.15, 0.2) is 42.5 Å². The van der Waals surface area contributed by atoms with E-state index in [9.17, 15) is 9.18 Å². The van der Waals surface area contributed by atoms with Crippen LogP contribution in [0.3, 0.4) is 0 Å². The fourth-order valence-electron chi connectivity index (χ4n) is 1.87. The molecule has 2 aromatic rings. The van der Waals surface area contributed by atoms with Crippen LogP contribution in [0.25, 0.3) is 0 Å². The lowest BCUT2D eigenvalue weighted by Crippen LogP contribution is -2.05. The van der Waals surface area contributed by atoms with E-state index in [-0.39, 0.29) is 18.0 Å². The third kappa shape index (κ3) is 2.96. The molecule has 0 heterocycles. The van der Waals surface area contributed by atoms with Gasteiger partial charge >= 0.3 is 0 Å². The van der Waals surface area contributed by atoms with Crippen molar-refractivity contribution in [3.63, 3.8) is 0 Å². The fourth-order valence-corrected chi connectivity index (χ4v) is 2.09. The molecule has 0 N–H and O–H groups in total. The predicted octanol–water partition coefficient (Wildman–Crippen LogP) is 4.21. The van der Waals surface area contributed by atoms with E-state index in [2.05, 4.69) is 0 Å². The van der Waals surface area contributed by atoms with Crippen molar-refractivity contribution in [3.8, 4) is 0 Å². The van der Waals surface area contributed by atoms with Crippen LogP contribution < -0.4 is 0 Å². The molecular formula is C15H12ClFO. The van der Waals surface area contributed by atoms with E-state index >= 15 is 0 Å². The minimum Gasteiger partial charge on any atom is -0.294 e. The molecular weight excluding hydrogens is 251 g/mol. The molecule has 0 radical (unpaired) electrons. The van der Waals surface area contributed by atoms with Gasteiger partial charge in [-0.2, -0.15) is 0 Å². The largest absolute Gasteiger partial charge is 0.294 e. The van der Waals surface area contributed by atoms with Crippen molar-refractivity contribution < 1.29 is 9.18 Å². The third-order valence-electron chi connectivity index (χ3n) is 2.74. The van der Waals surface area contributed by atoms with Crippen molar-refractivity contribution in [2.45, 2.75) is 13.3 Å². The number of carbonyl (C=O) groups excluding carboxylic acids is 1. The Kier molecular flexibility index (Phi) is 3.78. The number of hydrogen-bond donors (Lipinski definition) is 0. The van der Waals surface area contributed by atoms with Crippen molar-refractivity contribution in [3.05, 3.63) is 70.0 Å². The van der Waals surface area contributed by atoms with Crippen molar-refractivity contribution in [2.75, 3.05) is 0 Å². The van der Waals surface area contributed by atoms with Crippen LogP contribution in [0.2, 0.25) is 5.02 Å². The van der Waals surface area contributed by atoms with Gasteiger partial charge in [0.1, 0.15) is 5.82 Å². The standard InChI is InChI=1S/C15H12ClFO/c1-10-7-12(16)5-6-14(10)15(18)9-11-3-2-4-13(17)8-11/h2-8H,9H2,1H3. The van der Waals surface area contributed by atoms with Crippen LogP contribution in [0.4, 0.5) is 4.39 Å². The summed E-state index contributed by atoms with van der Waals surface area (Å²) in [4.78, 5) is 12.1. The zero-order valence-corrected chi connectivity index (χ0v) is 10.7. The molecule has 2 aromatic carbocycles. The first-order chi connectivity index (χ1) is 8.56. The molecule has 0 fully saturated rings. The van der Waals surface area contributed by atoms with Crippen molar-refractivity contribution in [2.24, 2.45) is 0 Å². The van der Waals surface area contributed by atoms with Crippen LogP contribution in [0.1, 0.15) is 21.5 Å². The number of benzene rings is 2. The van der Waals surface area contributed by atoms with Gasteiger partial charge in [-0.15, -0.1) is 0 Å². The molecule has 0 aliphatic rings. The van der Waals surface area contributed by atoms with Crippen molar-refractivity contribution in [1.82, 2.24) is 0 Å². The highest BCUT2D eigenvalue weighted by atomic mass is 35.5. The van der Waals surface area contributed by atoms with Gasteiger partial charge in [-0.25, -0.2) is 4.39 Å². The average Bonchev–Trinajstić information content (AvgIpc) is 2.28. The van der Waals surface area contributed by atoms with E-state index in [1.165, 1.54) is 12.1 Å². The Hall–Kier alpha value is -1.67. The van der Waals surface area contributed by atoms with Gasteiger partial charge in [0.15, 0.2) is 5.78 Å². The number of carbonyl (C=O) groups is 1. The maximum Gasteiger partial charge on any atom is 0.167 e. The summed E-state index contributed by atoms with van der Waals surface area (Å²) in [6.45, 7) is 1.84. The summed E-state index contributed by atoms with van der Waals surface area (Å²) in [7, 11) is 0. The van der Waals surface area contributed by atoms with E-state index in [0.29, 0.717) is 16.1 Å². The quantitative estimate of drug-likeness (QED) is 0.757. The Labute approximate surface area is 110 Å². The number of aryl methyl sites for hydroxylation is 1. The Morgan fingerprint density at radius 2 is 2.00 bits per heavy atom. The van der Waals surface area contributed by atoms with Crippen LogP contribution in [0, 0.1) is 12.7 Å². The van der Waals surface area contributed by atoms with Gasteiger partial charge in [0.25, 0.3) is 0 Å². The lowest BCUT2D eigenvalue weighted by Gasteiger charge is -2.05. The highest BCUT2D eigenvalue weighted by Gasteiger charge is 2.10. The first-order valence-corrected chi connectivity index (χ1v) is 5.98. The number of Topliss-reactive ketones (excluding diaryl/α,β-unsaturated/α-hetero) is 1. The minimum atomic E-state index is -0.326. The Morgan fingerprint density at radius 1 is 1.22 bits per heavy atom. The Balaban J connectivity index is 2.22. The number of ketones is 1. The van der Waals surface area contributed by atoms with Crippen molar-refractivity contribution in [1.29, 1.82) is 0 Å². The first-order valence-electron chi connectivity index (χ1n) is 5.60. The first kappa shape index (κ1) is 12.8. The van der Waals surface area contributed by atoms with Gasteiger partial charge in [-0.05, 0) is 48.4 Å². The van der Waals surface area contributed by atoms with E-state index < -0.39 is 0 Å². The van der Waals surface area contributed by atoms with E-state index in [1.807, 2.05) is 6.92 Å². The number of hydrogen-bond acceptors (Lipinski definition) is 1. The third-order valence-corrected chi connectivity index (χ3v) is 2.98. The molecule has 0 aliphatic heterocycles. The Morgan fingerprint density at radius 3 is 2.67 bits per heavy atom. The molecule has 0 saturated heterocycles. The highest BCUT2D eigenvalue weighted by molar-refractivity contribution is 6.30. The maximum absolute atomic E-state index is 13.0. The zero-order valence-electron chi connectivity index (χ0n) is 9.91. The molecule has 92 valence electrons. The van der Waals surface area contributed by atoms with Crippen LogP contribution in [0.5, 0.6) is 0 Å². The van der Waals surface area contributed by atoms with Gasteiger partial charge in [0.05, 0.1) is 0 Å². The van der Waals surface area contributed by atoms with Gasteiger partial charge < -0.3 is 0 Å². The lowest BCUT2D eigenvalue weighted by molar-refractivity contribution is 0.0992. The summed E-state index contributed by atoms with van der Waals surface area (Å²) in [6.07, 6.45) is 0.195. The topological polar surface area (TPSA) is 17.1 Å². The SMILES string of the molecule is Cc1cc(Cl)ccc1C(=O)Cc1cccc(F)c1. The molecule has 3 heteroatoms. The van der Waals surface area contributed by atoms with Crippen molar-refractivity contribution >= 4 is 17.4 Å². The summed E-state index contributed by atoms with van der Waals surface area (Å²) < 4.78 is 13.0.